The highest BCUT2D eigenvalue weighted by Gasteiger charge is 2.19. The van der Waals surface area contributed by atoms with Crippen LogP contribution in [0.4, 0.5) is 11.4 Å². The Morgan fingerprint density at radius 1 is 1.38 bits per heavy atom. The topological polar surface area (TPSA) is 81.9 Å². The van der Waals surface area contributed by atoms with Crippen molar-refractivity contribution in [2.24, 2.45) is 0 Å². The molecule has 0 bridgehead atoms. The maximum Gasteiger partial charge on any atom is 0.325 e. The number of non-ortho nitro benzene ring substituents is 1. The minimum atomic E-state index is -0.483. The highest BCUT2D eigenvalue weighted by atomic mass is 16.6. The average Bonchev–Trinajstić information content (AvgIpc) is 2.43. The summed E-state index contributed by atoms with van der Waals surface area (Å²) < 4.78 is 10.0. The van der Waals surface area contributed by atoms with Crippen molar-refractivity contribution in [3.05, 3.63) is 28.3 Å². The fourth-order valence-electron chi connectivity index (χ4n) is 1.86. The van der Waals surface area contributed by atoms with E-state index in [9.17, 15) is 14.9 Å². The van der Waals surface area contributed by atoms with Gasteiger partial charge in [0.05, 0.1) is 24.7 Å². The van der Waals surface area contributed by atoms with Gasteiger partial charge in [0.1, 0.15) is 12.3 Å². The highest BCUT2D eigenvalue weighted by molar-refractivity contribution is 5.76. The van der Waals surface area contributed by atoms with Crippen LogP contribution in [0.3, 0.4) is 0 Å². The number of esters is 1. The second kappa shape index (κ2) is 7.47. The molecule has 0 fully saturated rings. The van der Waals surface area contributed by atoms with Gasteiger partial charge in [-0.25, -0.2) is 0 Å². The van der Waals surface area contributed by atoms with Gasteiger partial charge < -0.3 is 14.4 Å². The summed E-state index contributed by atoms with van der Waals surface area (Å²) in [5, 5.41) is 11.0. The van der Waals surface area contributed by atoms with Gasteiger partial charge in [-0.05, 0) is 20.8 Å². The van der Waals surface area contributed by atoms with Gasteiger partial charge in [0.2, 0.25) is 0 Å². The van der Waals surface area contributed by atoms with E-state index in [0.29, 0.717) is 18.0 Å². The number of nitro groups is 1. The smallest absolute Gasteiger partial charge is 0.325 e. The SMILES string of the molecule is CCOc1cc(N(CC(=O)OC)C(C)C)cc([N+](=O)[O-])c1. The molecule has 0 saturated heterocycles. The molecule has 0 N–H and O–H groups in total. The molecule has 1 aromatic carbocycles. The third-order valence-electron chi connectivity index (χ3n) is 2.88. The fraction of sp³-hybridized carbons (Fsp3) is 0.500. The molecule has 1 aromatic rings. The zero-order chi connectivity index (χ0) is 16.0. The van der Waals surface area contributed by atoms with Crippen molar-refractivity contribution in [2.45, 2.75) is 26.8 Å². The van der Waals surface area contributed by atoms with E-state index in [1.165, 1.54) is 19.2 Å². The van der Waals surface area contributed by atoms with Crippen molar-refractivity contribution in [1.29, 1.82) is 0 Å². The Balaban J connectivity index is 3.22. The molecule has 1 rings (SSSR count). The summed E-state index contributed by atoms with van der Waals surface area (Å²) in [5.41, 5.74) is 0.472. The van der Waals surface area contributed by atoms with Crippen LogP contribution >= 0.6 is 0 Å². The average molecular weight is 296 g/mol. The molecule has 7 heteroatoms. The molecule has 0 aromatic heterocycles. The van der Waals surface area contributed by atoms with Crippen molar-refractivity contribution in [3.63, 3.8) is 0 Å². The van der Waals surface area contributed by atoms with Crippen LogP contribution < -0.4 is 9.64 Å². The number of carbonyl (C=O) groups is 1. The molecule has 0 radical (unpaired) electrons. The van der Waals surface area contributed by atoms with Crippen molar-refractivity contribution < 1.29 is 19.2 Å². The zero-order valence-electron chi connectivity index (χ0n) is 12.7. The Labute approximate surface area is 123 Å². The van der Waals surface area contributed by atoms with Crippen LogP contribution in [0.15, 0.2) is 18.2 Å². The molecule has 0 atom stereocenters. The zero-order valence-corrected chi connectivity index (χ0v) is 12.7. The summed E-state index contributed by atoms with van der Waals surface area (Å²) in [6.45, 7) is 6.00. The van der Waals surface area contributed by atoms with Gasteiger partial charge >= 0.3 is 5.97 Å². The number of rotatable bonds is 7. The van der Waals surface area contributed by atoms with Crippen LogP contribution in [0.1, 0.15) is 20.8 Å². The lowest BCUT2D eigenvalue weighted by Gasteiger charge is -2.27. The van der Waals surface area contributed by atoms with Crippen molar-refractivity contribution in [2.75, 3.05) is 25.2 Å². The number of methoxy groups -OCH3 is 1. The number of hydrogen-bond donors (Lipinski definition) is 0. The Morgan fingerprint density at radius 3 is 2.52 bits per heavy atom. The summed E-state index contributed by atoms with van der Waals surface area (Å²) in [4.78, 5) is 23.8. The molecule has 116 valence electrons. The quantitative estimate of drug-likeness (QED) is 0.436. The van der Waals surface area contributed by atoms with Crippen LogP contribution in [0.2, 0.25) is 0 Å². The molecule has 0 unspecified atom stereocenters. The van der Waals surface area contributed by atoms with Crippen LogP contribution in [0.5, 0.6) is 5.75 Å². The third-order valence-corrected chi connectivity index (χ3v) is 2.88. The van der Waals surface area contributed by atoms with Gasteiger partial charge in [0, 0.05) is 23.9 Å². The van der Waals surface area contributed by atoms with Crippen molar-refractivity contribution >= 4 is 17.3 Å². The number of anilines is 1. The first-order chi connectivity index (χ1) is 9.88. The Morgan fingerprint density at radius 2 is 2.05 bits per heavy atom. The summed E-state index contributed by atoms with van der Waals surface area (Å²) in [6.07, 6.45) is 0. The molecule has 0 saturated carbocycles. The van der Waals surface area contributed by atoms with Crippen molar-refractivity contribution in [1.82, 2.24) is 0 Å². The van der Waals surface area contributed by atoms with Gasteiger partial charge in [-0.3, -0.25) is 14.9 Å². The van der Waals surface area contributed by atoms with E-state index < -0.39 is 10.9 Å². The minimum absolute atomic E-state index is 0.0148. The molecule has 0 heterocycles. The second-order valence-corrected chi connectivity index (χ2v) is 4.67. The summed E-state index contributed by atoms with van der Waals surface area (Å²) in [7, 11) is 1.31. The lowest BCUT2D eigenvalue weighted by molar-refractivity contribution is -0.384. The Bertz CT molecular complexity index is 516. The van der Waals surface area contributed by atoms with Gasteiger partial charge in [0.15, 0.2) is 0 Å². The highest BCUT2D eigenvalue weighted by Crippen LogP contribution is 2.29. The van der Waals surface area contributed by atoms with E-state index in [0.717, 1.165) is 0 Å². The first-order valence-corrected chi connectivity index (χ1v) is 6.64. The lowest BCUT2D eigenvalue weighted by atomic mass is 10.2. The predicted octanol–water partition coefficient (Wildman–Crippen LogP) is 2.38. The molecular formula is C14H20N2O5. The number of ether oxygens (including phenoxy) is 2. The monoisotopic (exact) mass is 296 g/mol. The largest absolute Gasteiger partial charge is 0.494 e. The molecule has 0 spiro atoms. The summed E-state index contributed by atoms with van der Waals surface area (Å²) in [5.74, 6) is -0.00891. The molecule has 7 nitrogen and oxygen atoms in total. The summed E-state index contributed by atoms with van der Waals surface area (Å²) >= 11 is 0. The number of benzene rings is 1. The number of nitro benzene ring substituents is 1. The van der Waals surface area contributed by atoms with Gasteiger partial charge in [-0.15, -0.1) is 0 Å². The van der Waals surface area contributed by atoms with E-state index in [1.54, 1.807) is 17.9 Å². The summed E-state index contributed by atoms with van der Waals surface area (Å²) in [6, 6.07) is 4.44. The van der Waals surface area contributed by atoms with Crippen LogP contribution in [0.25, 0.3) is 0 Å². The normalized spacial score (nSPS) is 10.3. The molecule has 0 amide bonds. The van der Waals surface area contributed by atoms with E-state index in [2.05, 4.69) is 4.74 Å². The molecule has 0 aliphatic heterocycles. The first-order valence-electron chi connectivity index (χ1n) is 6.64. The van der Waals surface area contributed by atoms with Crippen molar-refractivity contribution in [3.8, 4) is 5.75 Å². The van der Waals surface area contributed by atoms with E-state index in [4.69, 9.17) is 4.74 Å². The second-order valence-electron chi connectivity index (χ2n) is 4.67. The van der Waals surface area contributed by atoms with Crippen LogP contribution in [-0.4, -0.2) is 37.2 Å². The molecular weight excluding hydrogens is 276 g/mol. The number of carbonyl (C=O) groups excluding carboxylic acids is 1. The Hall–Kier alpha value is -2.31. The van der Waals surface area contributed by atoms with Crippen LogP contribution in [0, 0.1) is 10.1 Å². The maximum absolute atomic E-state index is 11.5. The fourth-order valence-corrected chi connectivity index (χ4v) is 1.86. The molecule has 0 aliphatic carbocycles. The third kappa shape index (κ3) is 4.62. The van der Waals surface area contributed by atoms with Gasteiger partial charge in [-0.2, -0.15) is 0 Å². The first kappa shape index (κ1) is 16.7. The lowest BCUT2D eigenvalue weighted by Crippen LogP contribution is -2.36. The van der Waals surface area contributed by atoms with Gasteiger partial charge in [0.25, 0.3) is 5.69 Å². The number of nitrogens with zero attached hydrogens (tertiary/aromatic N) is 2. The predicted molar refractivity (Wildman–Crippen MR) is 78.8 cm³/mol. The Kier molecular flexibility index (Phi) is 5.95. The number of hydrogen-bond acceptors (Lipinski definition) is 6. The molecule has 21 heavy (non-hydrogen) atoms. The van der Waals surface area contributed by atoms with Crippen LogP contribution in [-0.2, 0) is 9.53 Å². The minimum Gasteiger partial charge on any atom is -0.494 e. The maximum atomic E-state index is 11.5. The van der Waals surface area contributed by atoms with E-state index in [-0.39, 0.29) is 18.3 Å². The standard InChI is InChI=1S/C14H20N2O5/c1-5-21-13-7-11(6-12(8-13)16(18)19)15(10(2)3)9-14(17)20-4/h6-8,10H,5,9H2,1-4H3. The van der Waals surface area contributed by atoms with E-state index >= 15 is 0 Å². The van der Waals surface area contributed by atoms with E-state index in [1.807, 2.05) is 13.8 Å². The van der Waals surface area contributed by atoms with Gasteiger partial charge in [-0.1, -0.05) is 0 Å². The molecule has 0 aliphatic rings.